The number of likely N-dealkylation sites (N-methyl/N-ethyl adjacent to an activating group) is 1. The third-order valence-corrected chi connectivity index (χ3v) is 2.81. The molecule has 0 aliphatic carbocycles. The predicted octanol–water partition coefficient (Wildman–Crippen LogP) is 0.985. The van der Waals surface area contributed by atoms with Crippen molar-refractivity contribution >= 4 is 11.6 Å². The minimum atomic E-state index is -0.844. The van der Waals surface area contributed by atoms with Crippen LogP contribution in [0.4, 0.5) is 5.69 Å². The Kier molecular flexibility index (Phi) is 5.18. The molecular weight excluding hydrogens is 242 g/mol. The van der Waals surface area contributed by atoms with E-state index in [-0.39, 0.29) is 5.91 Å². The molecule has 0 aromatic heterocycles. The van der Waals surface area contributed by atoms with Gasteiger partial charge in [-0.2, -0.15) is 0 Å². The van der Waals surface area contributed by atoms with Crippen LogP contribution in [0.1, 0.15) is 13.8 Å². The first-order chi connectivity index (χ1) is 8.86. The van der Waals surface area contributed by atoms with Crippen LogP contribution in [0.5, 0.6) is 5.75 Å². The van der Waals surface area contributed by atoms with Gasteiger partial charge in [-0.25, -0.2) is 0 Å². The number of carbonyl (C=O) groups excluding carboxylic acids is 1. The Hall–Kier alpha value is -1.75. The number of hydrogen-bond donors (Lipinski definition) is 2. The zero-order valence-electron chi connectivity index (χ0n) is 12.1. The average molecular weight is 265 g/mol. The van der Waals surface area contributed by atoms with E-state index in [2.05, 4.69) is 5.32 Å². The van der Waals surface area contributed by atoms with E-state index in [9.17, 15) is 4.79 Å². The van der Waals surface area contributed by atoms with Gasteiger partial charge in [0.2, 0.25) is 5.91 Å². The van der Waals surface area contributed by atoms with E-state index in [1.807, 2.05) is 36.2 Å². The molecule has 0 aliphatic heterocycles. The van der Waals surface area contributed by atoms with Crippen LogP contribution < -0.4 is 20.7 Å². The van der Waals surface area contributed by atoms with Crippen molar-refractivity contribution in [2.75, 3.05) is 32.1 Å². The molecule has 0 aliphatic rings. The molecule has 0 bridgehead atoms. The standard InChI is InChI=1S/C14H23N3O2/c1-14(2,15)13(18)16-9-10-17(3)11-7-5-6-8-12(11)19-4/h5-8H,9-10,15H2,1-4H3,(H,16,18). The molecule has 106 valence electrons. The van der Waals surface area contributed by atoms with Gasteiger partial charge in [0.15, 0.2) is 0 Å². The lowest BCUT2D eigenvalue weighted by atomic mass is 10.1. The summed E-state index contributed by atoms with van der Waals surface area (Å²) in [5, 5.41) is 2.81. The van der Waals surface area contributed by atoms with Crippen molar-refractivity contribution < 1.29 is 9.53 Å². The second-order valence-corrected chi connectivity index (χ2v) is 5.07. The Morgan fingerprint density at radius 2 is 2.05 bits per heavy atom. The van der Waals surface area contributed by atoms with Crippen LogP contribution in [0.2, 0.25) is 0 Å². The van der Waals surface area contributed by atoms with Gasteiger partial charge in [-0.3, -0.25) is 4.79 Å². The zero-order valence-corrected chi connectivity index (χ0v) is 12.1. The number of benzene rings is 1. The highest BCUT2D eigenvalue weighted by atomic mass is 16.5. The number of methoxy groups -OCH3 is 1. The molecule has 1 aromatic rings. The van der Waals surface area contributed by atoms with Crippen LogP contribution in [0.15, 0.2) is 24.3 Å². The Morgan fingerprint density at radius 3 is 2.63 bits per heavy atom. The van der Waals surface area contributed by atoms with Crippen LogP contribution in [-0.2, 0) is 4.79 Å². The highest BCUT2D eigenvalue weighted by molar-refractivity contribution is 5.85. The van der Waals surface area contributed by atoms with E-state index >= 15 is 0 Å². The van der Waals surface area contributed by atoms with Crippen molar-refractivity contribution in [3.63, 3.8) is 0 Å². The van der Waals surface area contributed by atoms with Crippen LogP contribution in [-0.4, -0.2) is 38.7 Å². The van der Waals surface area contributed by atoms with Crippen LogP contribution in [0.3, 0.4) is 0 Å². The van der Waals surface area contributed by atoms with E-state index in [1.165, 1.54) is 0 Å². The highest BCUT2D eigenvalue weighted by Gasteiger charge is 2.21. The summed E-state index contributed by atoms with van der Waals surface area (Å²) in [7, 11) is 3.60. The monoisotopic (exact) mass is 265 g/mol. The van der Waals surface area contributed by atoms with Gasteiger partial charge in [-0.15, -0.1) is 0 Å². The first-order valence-electron chi connectivity index (χ1n) is 6.27. The number of hydrogen-bond acceptors (Lipinski definition) is 4. The minimum absolute atomic E-state index is 0.152. The summed E-state index contributed by atoms with van der Waals surface area (Å²) in [5.41, 5.74) is 5.85. The van der Waals surface area contributed by atoms with E-state index in [1.54, 1.807) is 21.0 Å². The molecule has 1 aromatic carbocycles. The molecule has 5 heteroatoms. The summed E-state index contributed by atoms with van der Waals surface area (Å²) in [6.45, 7) is 4.59. The largest absolute Gasteiger partial charge is 0.495 e. The van der Waals surface area contributed by atoms with Gasteiger partial charge in [0.05, 0.1) is 18.3 Å². The van der Waals surface area contributed by atoms with E-state index in [4.69, 9.17) is 10.5 Å². The van der Waals surface area contributed by atoms with Gasteiger partial charge in [-0.05, 0) is 26.0 Å². The van der Waals surface area contributed by atoms with Gasteiger partial charge >= 0.3 is 0 Å². The molecule has 0 unspecified atom stereocenters. The second-order valence-electron chi connectivity index (χ2n) is 5.07. The fourth-order valence-electron chi connectivity index (χ4n) is 1.63. The molecule has 0 heterocycles. The molecule has 0 saturated carbocycles. The predicted molar refractivity (Wildman–Crippen MR) is 77.5 cm³/mol. The van der Waals surface area contributed by atoms with Gasteiger partial charge in [0.1, 0.15) is 5.75 Å². The summed E-state index contributed by atoms with van der Waals surface area (Å²) >= 11 is 0. The Balaban J connectivity index is 2.52. The molecule has 5 nitrogen and oxygen atoms in total. The summed E-state index contributed by atoms with van der Waals surface area (Å²) in [5.74, 6) is 0.663. The summed E-state index contributed by atoms with van der Waals surface area (Å²) in [6.07, 6.45) is 0. The molecule has 0 atom stereocenters. The van der Waals surface area contributed by atoms with Crippen LogP contribution in [0.25, 0.3) is 0 Å². The quantitative estimate of drug-likeness (QED) is 0.805. The third kappa shape index (κ3) is 4.44. The number of rotatable bonds is 6. The second kappa shape index (κ2) is 6.43. The fourth-order valence-corrected chi connectivity index (χ4v) is 1.63. The molecular formula is C14H23N3O2. The number of nitrogens with two attached hydrogens (primary N) is 1. The lowest BCUT2D eigenvalue weighted by Crippen LogP contribution is -2.50. The smallest absolute Gasteiger partial charge is 0.239 e. The number of nitrogens with one attached hydrogen (secondary N) is 1. The van der Waals surface area contributed by atoms with E-state index in [0.29, 0.717) is 13.1 Å². The normalized spacial score (nSPS) is 11.0. The summed E-state index contributed by atoms with van der Waals surface area (Å²) < 4.78 is 5.30. The Labute approximate surface area is 114 Å². The Bertz CT molecular complexity index is 427. The molecule has 0 spiro atoms. The minimum Gasteiger partial charge on any atom is -0.495 e. The number of carbonyl (C=O) groups is 1. The topological polar surface area (TPSA) is 67.6 Å². The van der Waals surface area contributed by atoms with Crippen molar-refractivity contribution in [3.8, 4) is 5.75 Å². The summed E-state index contributed by atoms with van der Waals surface area (Å²) in [4.78, 5) is 13.7. The highest BCUT2D eigenvalue weighted by Crippen LogP contribution is 2.25. The van der Waals surface area contributed by atoms with Crippen molar-refractivity contribution in [3.05, 3.63) is 24.3 Å². The van der Waals surface area contributed by atoms with E-state index in [0.717, 1.165) is 11.4 Å². The van der Waals surface area contributed by atoms with Gasteiger partial charge < -0.3 is 20.7 Å². The Morgan fingerprint density at radius 1 is 1.42 bits per heavy atom. The van der Waals surface area contributed by atoms with Crippen molar-refractivity contribution in [2.24, 2.45) is 5.73 Å². The van der Waals surface area contributed by atoms with E-state index < -0.39 is 5.54 Å². The number of ether oxygens (including phenoxy) is 1. The van der Waals surface area contributed by atoms with Crippen molar-refractivity contribution in [1.29, 1.82) is 0 Å². The molecule has 1 amide bonds. The molecule has 0 fully saturated rings. The number of amides is 1. The first kappa shape index (κ1) is 15.3. The molecule has 1 rings (SSSR count). The lowest BCUT2D eigenvalue weighted by molar-refractivity contribution is -0.125. The molecule has 0 radical (unpaired) electrons. The number of anilines is 1. The van der Waals surface area contributed by atoms with Crippen molar-refractivity contribution in [1.82, 2.24) is 5.32 Å². The SMILES string of the molecule is COc1ccccc1N(C)CCNC(=O)C(C)(C)N. The molecule has 3 N–H and O–H groups in total. The maximum absolute atomic E-state index is 11.6. The van der Waals surface area contributed by atoms with Crippen molar-refractivity contribution in [2.45, 2.75) is 19.4 Å². The third-order valence-electron chi connectivity index (χ3n) is 2.81. The molecule has 0 saturated heterocycles. The van der Waals surface area contributed by atoms with Gasteiger partial charge in [0, 0.05) is 20.1 Å². The molecule has 19 heavy (non-hydrogen) atoms. The first-order valence-corrected chi connectivity index (χ1v) is 6.27. The fraction of sp³-hybridized carbons (Fsp3) is 0.500. The maximum atomic E-state index is 11.6. The summed E-state index contributed by atoms with van der Waals surface area (Å²) in [6, 6.07) is 7.77. The van der Waals surface area contributed by atoms with Crippen LogP contribution >= 0.6 is 0 Å². The van der Waals surface area contributed by atoms with Gasteiger partial charge in [0.25, 0.3) is 0 Å². The van der Waals surface area contributed by atoms with Gasteiger partial charge in [-0.1, -0.05) is 12.1 Å². The number of para-hydroxylation sites is 2. The van der Waals surface area contributed by atoms with Crippen LogP contribution in [0, 0.1) is 0 Å². The zero-order chi connectivity index (χ0) is 14.5. The maximum Gasteiger partial charge on any atom is 0.239 e. The lowest BCUT2D eigenvalue weighted by Gasteiger charge is -2.23. The average Bonchev–Trinajstić information content (AvgIpc) is 2.37. The number of nitrogens with zero attached hydrogens (tertiary/aromatic N) is 1.